The fourth-order valence-electron chi connectivity index (χ4n) is 2.50. The zero-order chi connectivity index (χ0) is 18.7. The predicted octanol–water partition coefficient (Wildman–Crippen LogP) is 1.60. The van der Waals surface area contributed by atoms with Crippen LogP contribution < -0.4 is 5.32 Å². The molecule has 0 bridgehead atoms. The van der Waals surface area contributed by atoms with Gasteiger partial charge in [0.25, 0.3) is 11.7 Å². The van der Waals surface area contributed by atoms with E-state index in [1.165, 1.54) is 29.0 Å². The minimum absolute atomic E-state index is 0.0288. The number of amides is 1. The van der Waals surface area contributed by atoms with Crippen molar-refractivity contribution in [1.29, 1.82) is 0 Å². The fourth-order valence-corrected chi connectivity index (χ4v) is 2.50. The standard InChI is InChI=1S/C17H16FN5O3/c1-10-12(11(2)23-17(21-10)19-9-20-23)7-16(25)26-8-15(24)22-14-6-4-3-5-13(14)18/h3-6,9H,7-8H2,1-2H3,(H,22,24). The Kier molecular flexibility index (Phi) is 4.87. The second-order valence-electron chi connectivity index (χ2n) is 5.60. The molecule has 0 spiro atoms. The lowest BCUT2D eigenvalue weighted by Crippen LogP contribution is -2.22. The number of rotatable bonds is 5. The molecule has 0 aliphatic rings. The number of carbonyl (C=O) groups excluding carboxylic acids is 2. The number of para-hydroxylation sites is 1. The summed E-state index contributed by atoms with van der Waals surface area (Å²) in [4.78, 5) is 32.2. The Balaban J connectivity index is 1.61. The molecule has 8 nitrogen and oxygen atoms in total. The first-order valence-electron chi connectivity index (χ1n) is 7.81. The molecule has 2 aromatic heterocycles. The van der Waals surface area contributed by atoms with Crippen molar-refractivity contribution in [2.75, 3.05) is 11.9 Å². The van der Waals surface area contributed by atoms with E-state index in [0.29, 0.717) is 17.0 Å². The first-order valence-corrected chi connectivity index (χ1v) is 7.81. The van der Waals surface area contributed by atoms with Crippen LogP contribution in [-0.4, -0.2) is 38.1 Å². The summed E-state index contributed by atoms with van der Waals surface area (Å²) in [6.45, 7) is 3.04. The van der Waals surface area contributed by atoms with Crippen LogP contribution in [0.3, 0.4) is 0 Å². The largest absolute Gasteiger partial charge is 0.455 e. The molecule has 1 aromatic carbocycles. The lowest BCUT2D eigenvalue weighted by molar-refractivity contribution is -0.146. The Morgan fingerprint density at radius 2 is 2.04 bits per heavy atom. The molecule has 0 aliphatic heterocycles. The molecular weight excluding hydrogens is 341 g/mol. The molecule has 0 saturated heterocycles. The van der Waals surface area contributed by atoms with E-state index in [0.717, 1.165) is 5.69 Å². The van der Waals surface area contributed by atoms with Gasteiger partial charge in [0.05, 0.1) is 12.1 Å². The van der Waals surface area contributed by atoms with E-state index in [1.54, 1.807) is 19.9 Å². The first kappa shape index (κ1) is 17.5. The molecule has 3 aromatic rings. The number of halogens is 1. The third-order valence-corrected chi connectivity index (χ3v) is 3.82. The maximum Gasteiger partial charge on any atom is 0.310 e. The number of hydrogen-bond donors (Lipinski definition) is 1. The number of anilines is 1. The average molecular weight is 357 g/mol. The average Bonchev–Trinajstić information content (AvgIpc) is 3.07. The lowest BCUT2D eigenvalue weighted by Gasteiger charge is -2.10. The summed E-state index contributed by atoms with van der Waals surface area (Å²) in [7, 11) is 0. The van der Waals surface area contributed by atoms with Gasteiger partial charge in [-0.15, -0.1) is 0 Å². The van der Waals surface area contributed by atoms with Gasteiger partial charge in [0.2, 0.25) is 0 Å². The van der Waals surface area contributed by atoms with Crippen LogP contribution in [0.4, 0.5) is 10.1 Å². The summed E-state index contributed by atoms with van der Waals surface area (Å²) in [6, 6.07) is 5.74. The molecule has 3 rings (SSSR count). The van der Waals surface area contributed by atoms with Crippen LogP contribution in [0.5, 0.6) is 0 Å². The molecule has 1 amide bonds. The number of aryl methyl sites for hydroxylation is 2. The Morgan fingerprint density at radius 1 is 1.27 bits per heavy atom. The molecule has 0 radical (unpaired) electrons. The molecule has 0 saturated carbocycles. The van der Waals surface area contributed by atoms with Gasteiger partial charge in [-0.2, -0.15) is 10.1 Å². The minimum atomic E-state index is -0.623. The number of aromatic nitrogens is 4. The van der Waals surface area contributed by atoms with Crippen molar-refractivity contribution < 1.29 is 18.7 Å². The summed E-state index contributed by atoms with van der Waals surface area (Å²) < 4.78 is 20.0. The molecule has 0 unspecified atom stereocenters. The van der Waals surface area contributed by atoms with Crippen LogP contribution in [0.25, 0.3) is 5.78 Å². The number of benzene rings is 1. The predicted molar refractivity (Wildman–Crippen MR) is 89.9 cm³/mol. The second-order valence-corrected chi connectivity index (χ2v) is 5.60. The Labute approximate surface area is 148 Å². The molecule has 0 aliphatic carbocycles. The molecule has 1 N–H and O–H groups in total. The fraction of sp³-hybridized carbons (Fsp3) is 0.235. The summed E-state index contributed by atoms with van der Waals surface area (Å²) in [5, 5.41) is 6.39. The van der Waals surface area contributed by atoms with Crippen molar-refractivity contribution in [1.82, 2.24) is 19.6 Å². The van der Waals surface area contributed by atoms with E-state index >= 15 is 0 Å². The van der Waals surface area contributed by atoms with Crippen LogP contribution in [0.15, 0.2) is 30.6 Å². The number of hydrogen-bond acceptors (Lipinski definition) is 6. The number of nitrogens with zero attached hydrogens (tertiary/aromatic N) is 4. The van der Waals surface area contributed by atoms with Crippen LogP contribution >= 0.6 is 0 Å². The molecule has 26 heavy (non-hydrogen) atoms. The highest BCUT2D eigenvalue weighted by molar-refractivity contribution is 5.93. The SMILES string of the molecule is Cc1nc2ncnn2c(C)c1CC(=O)OCC(=O)Nc1ccccc1F. The molecule has 2 heterocycles. The Morgan fingerprint density at radius 3 is 2.81 bits per heavy atom. The summed E-state index contributed by atoms with van der Waals surface area (Å²) >= 11 is 0. The van der Waals surface area contributed by atoms with Crippen LogP contribution in [0.1, 0.15) is 17.0 Å². The van der Waals surface area contributed by atoms with E-state index in [4.69, 9.17) is 4.74 Å². The van der Waals surface area contributed by atoms with E-state index in [1.807, 2.05) is 0 Å². The Bertz CT molecular complexity index is 986. The number of fused-ring (bicyclic) bond motifs is 1. The van der Waals surface area contributed by atoms with Gasteiger partial charge >= 0.3 is 5.97 Å². The maximum atomic E-state index is 13.5. The van der Waals surface area contributed by atoms with E-state index in [2.05, 4.69) is 20.4 Å². The lowest BCUT2D eigenvalue weighted by atomic mass is 10.1. The van der Waals surface area contributed by atoms with Gasteiger partial charge in [0, 0.05) is 17.0 Å². The normalized spacial score (nSPS) is 10.7. The molecule has 0 fully saturated rings. The van der Waals surface area contributed by atoms with Crippen molar-refractivity contribution in [2.45, 2.75) is 20.3 Å². The summed E-state index contributed by atoms with van der Waals surface area (Å²) in [5.74, 6) is -1.34. The van der Waals surface area contributed by atoms with Gasteiger partial charge in [-0.25, -0.2) is 13.9 Å². The van der Waals surface area contributed by atoms with Crippen molar-refractivity contribution >= 4 is 23.3 Å². The topological polar surface area (TPSA) is 98.5 Å². The maximum absolute atomic E-state index is 13.5. The van der Waals surface area contributed by atoms with Crippen molar-refractivity contribution in [2.24, 2.45) is 0 Å². The zero-order valence-corrected chi connectivity index (χ0v) is 14.2. The zero-order valence-electron chi connectivity index (χ0n) is 14.2. The van der Waals surface area contributed by atoms with Gasteiger partial charge in [0.15, 0.2) is 6.61 Å². The van der Waals surface area contributed by atoms with Crippen molar-refractivity contribution in [3.8, 4) is 0 Å². The smallest absolute Gasteiger partial charge is 0.310 e. The van der Waals surface area contributed by atoms with Gasteiger partial charge < -0.3 is 10.1 Å². The molecule has 0 atom stereocenters. The highest BCUT2D eigenvalue weighted by Gasteiger charge is 2.16. The number of carbonyl (C=O) groups is 2. The van der Waals surface area contributed by atoms with Gasteiger partial charge in [-0.05, 0) is 26.0 Å². The quantitative estimate of drug-likeness (QED) is 0.697. The molecule has 9 heteroatoms. The third-order valence-electron chi connectivity index (χ3n) is 3.82. The van der Waals surface area contributed by atoms with Crippen LogP contribution in [-0.2, 0) is 20.7 Å². The highest BCUT2D eigenvalue weighted by atomic mass is 19.1. The van der Waals surface area contributed by atoms with E-state index < -0.39 is 24.3 Å². The van der Waals surface area contributed by atoms with Crippen LogP contribution in [0.2, 0.25) is 0 Å². The van der Waals surface area contributed by atoms with Crippen molar-refractivity contribution in [3.05, 3.63) is 53.4 Å². The Hall–Kier alpha value is -3.36. The van der Waals surface area contributed by atoms with Gasteiger partial charge in [-0.1, -0.05) is 12.1 Å². The number of nitrogens with one attached hydrogen (secondary N) is 1. The first-order chi connectivity index (χ1) is 12.5. The second kappa shape index (κ2) is 7.26. The number of esters is 1. The van der Waals surface area contributed by atoms with Crippen LogP contribution in [0, 0.1) is 19.7 Å². The van der Waals surface area contributed by atoms with Gasteiger partial charge in [-0.3, -0.25) is 9.59 Å². The number of ether oxygens (including phenoxy) is 1. The third kappa shape index (κ3) is 3.66. The molecular formula is C17H16FN5O3. The van der Waals surface area contributed by atoms with Gasteiger partial charge in [0.1, 0.15) is 12.1 Å². The minimum Gasteiger partial charge on any atom is -0.455 e. The summed E-state index contributed by atoms with van der Waals surface area (Å²) in [6.07, 6.45) is 1.32. The van der Waals surface area contributed by atoms with E-state index in [-0.39, 0.29) is 12.1 Å². The van der Waals surface area contributed by atoms with E-state index in [9.17, 15) is 14.0 Å². The monoisotopic (exact) mass is 357 g/mol. The summed E-state index contributed by atoms with van der Waals surface area (Å²) in [5.41, 5.74) is 2.04. The molecule has 134 valence electrons. The van der Waals surface area contributed by atoms with Crippen molar-refractivity contribution in [3.63, 3.8) is 0 Å². The highest BCUT2D eigenvalue weighted by Crippen LogP contribution is 2.14.